The van der Waals surface area contributed by atoms with Crippen LogP contribution in [0.25, 0.3) is 5.69 Å². The third-order valence-corrected chi connectivity index (χ3v) is 6.48. The first-order valence-corrected chi connectivity index (χ1v) is 12.1. The van der Waals surface area contributed by atoms with E-state index in [1.54, 1.807) is 11.8 Å². The van der Waals surface area contributed by atoms with Crippen LogP contribution in [0.4, 0.5) is 5.69 Å². The third kappa shape index (κ3) is 5.75. The summed E-state index contributed by atoms with van der Waals surface area (Å²) in [5.74, 6) is 0.977. The molecule has 0 aliphatic rings. The zero-order valence-corrected chi connectivity index (χ0v) is 20.5. The highest BCUT2D eigenvalue weighted by Gasteiger charge is 2.22. The van der Waals surface area contributed by atoms with Crippen molar-refractivity contribution in [1.82, 2.24) is 20.1 Å². The lowest BCUT2D eigenvalue weighted by Gasteiger charge is -2.16. The average Bonchev–Trinajstić information content (AvgIpc) is 3.27. The largest absolute Gasteiger partial charge is 0.342 e. The molecule has 1 aromatic heterocycles. The quantitative estimate of drug-likeness (QED) is 0.198. The maximum atomic E-state index is 12.8. The molecule has 8 nitrogen and oxygen atoms in total. The number of carbonyl (C=O) groups excluding carboxylic acids is 1. The minimum atomic E-state index is -0.496. The summed E-state index contributed by atoms with van der Waals surface area (Å²) in [6.45, 7) is 5.93. The molecule has 178 valence electrons. The fourth-order valence-corrected chi connectivity index (χ4v) is 4.52. The second kappa shape index (κ2) is 10.5. The molecular weight excluding hydrogens is 462 g/mol. The number of carbonyl (C=O) groups is 1. The Morgan fingerprint density at radius 2 is 1.74 bits per heavy atom. The number of amides is 1. The summed E-state index contributed by atoms with van der Waals surface area (Å²) in [4.78, 5) is 23.2. The molecule has 0 saturated carbocycles. The fraction of sp³-hybridized carbons (Fsp3) is 0.192. The van der Waals surface area contributed by atoms with Gasteiger partial charge in [0.05, 0.1) is 11.0 Å². The van der Waals surface area contributed by atoms with E-state index in [9.17, 15) is 14.9 Å². The highest BCUT2D eigenvalue weighted by molar-refractivity contribution is 7.98. The van der Waals surface area contributed by atoms with Gasteiger partial charge in [0.15, 0.2) is 11.0 Å². The lowest BCUT2D eigenvalue weighted by molar-refractivity contribution is -0.384. The number of non-ortho nitro benzene ring substituents is 1. The van der Waals surface area contributed by atoms with Gasteiger partial charge in [-0.15, -0.1) is 10.2 Å². The van der Waals surface area contributed by atoms with Gasteiger partial charge in [0.25, 0.3) is 11.6 Å². The van der Waals surface area contributed by atoms with E-state index in [-0.39, 0.29) is 11.6 Å². The van der Waals surface area contributed by atoms with Crippen molar-refractivity contribution in [2.24, 2.45) is 0 Å². The summed E-state index contributed by atoms with van der Waals surface area (Å²) < 4.78 is 1.96. The minimum absolute atomic E-state index is 0.0658. The first-order valence-electron chi connectivity index (χ1n) is 11.1. The van der Waals surface area contributed by atoms with Gasteiger partial charge in [0.1, 0.15) is 0 Å². The molecule has 1 amide bonds. The van der Waals surface area contributed by atoms with E-state index < -0.39 is 11.0 Å². The molecule has 4 aromatic rings. The van der Waals surface area contributed by atoms with Gasteiger partial charge in [0.2, 0.25) is 0 Å². The van der Waals surface area contributed by atoms with Crippen LogP contribution in [-0.4, -0.2) is 25.6 Å². The number of rotatable bonds is 8. The van der Waals surface area contributed by atoms with E-state index in [0.29, 0.717) is 11.4 Å². The third-order valence-electron chi connectivity index (χ3n) is 5.48. The Morgan fingerprint density at radius 1 is 1.03 bits per heavy atom. The molecule has 0 aliphatic carbocycles. The summed E-state index contributed by atoms with van der Waals surface area (Å²) in [7, 11) is 0. The van der Waals surface area contributed by atoms with Crippen LogP contribution in [-0.2, 0) is 5.75 Å². The topological polar surface area (TPSA) is 103 Å². The van der Waals surface area contributed by atoms with Crippen molar-refractivity contribution in [2.45, 2.75) is 37.7 Å². The summed E-state index contributed by atoms with van der Waals surface area (Å²) in [6.07, 6.45) is 0. The SMILES string of the molecule is Cc1ccc(-n2c(SCc3cccc(C)c3)nnc2C(C)NC(=O)c2ccc([N+](=O)[O-])cc2)cc1. The monoisotopic (exact) mass is 487 g/mol. The molecule has 1 atom stereocenters. The normalized spacial score (nSPS) is 11.7. The second-order valence-corrected chi connectivity index (χ2v) is 9.23. The number of nitro benzene ring substituents is 1. The van der Waals surface area contributed by atoms with Crippen LogP contribution in [0.2, 0.25) is 0 Å². The van der Waals surface area contributed by atoms with E-state index >= 15 is 0 Å². The van der Waals surface area contributed by atoms with Gasteiger partial charge in [0, 0.05) is 29.1 Å². The molecule has 0 bridgehead atoms. The van der Waals surface area contributed by atoms with Gasteiger partial charge in [-0.05, 0) is 50.6 Å². The summed E-state index contributed by atoms with van der Waals surface area (Å²) in [5, 5.41) is 23.4. The van der Waals surface area contributed by atoms with Gasteiger partial charge in [-0.2, -0.15) is 0 Å². The summed E-state index contributed by atoms with van der Waals surface area (Å²) in [5.41, 5.74) is 4.69. The van der Waals surface area contributed by atoms with E-state index in [4.69, 9.17) is 0 Å². The minimum Gasteiger partial charge on any atom is -0.342 e. The molecule has 3 aromatic carbocycles. The van der Waals surface area contributed by atoms with Crippen LogP contribution >= 0.6 is 11.8 Å². The zero-order chi connectivity index (χ0) is 24.9. The maximum absolute atomic E-state index is 12.8. The Kier molecular flexibility index (Phi) is 7.26. The standard InChI is InChI=1S/C26H25N5O3S/c1-17-7-11-22(12-8-17)30-24(28-29-26(30)35-16-20-6-4-5-18(2)15-20)19(3)27-25(32)21-9-13-23(14-10-21)31(33)34/h4-15,19H,16H2,1-3H3,(H,27,32). The number of nitrogens with zero attached hydrogens (tertiary/aromatic N) is 4. The summed E-state index contributed by atoms with van der Waals surface area (Å²) in [6, 6.07) is 21.4. The van der Waals surface area contributed by atoms with Crippen LogP contribution in [0.3, 0.4) is 0 Å². The highest BCUT2D eigenvalue weighted by Crippen LogP contribution is 2.28. The molecule has 9 heteroatoms. The summed E-state index contributed by atoms with van der Waals surface area (Å²) >= 11 is 1.58. The molecule has 1 N–H and O–H groups in total. The van der Waals surface area contributed by atoms with Gasteiger partial charge >= 0.3 is 0 Å². The number of benzene rings is 3. The van der Waals surface area contributed by atoms with E-state index in [2.05, 4.69) is 40.6 Å². The van der Waals surface area contributed by atoms with Crippen LogP contribution < -0.4 is 5.32 Å². The van der Waals surface area contributed by atoms with E-state index in [1.165, 1.54) is 35.4 Å². The highest BCUT2D eigenvalue weighted by atomic mass is 32.2. The number of hydrogen-bond acceptors (Lipinski definition) is 6. The van der Waals surface area contributed by atoms with Crippen LogP contribution in [0.5, 0.6) is 0 Å². The van der Waals surface area contributed by atoms with Crippen molar-refractivity contribution in [1.29, 1.82) is 0 Å². The van der Waals surface area contributed by atoms with Crippen molar-refractivity contribution in [3.8, 4) is 5.69 Å². The molecule has 0 saturated heterocycles. The number of hydrogen-bond donors (Lipinski definition) is 1. The van der Waals surface area contributed by atoms with Crippen molar-refractivity contribution in [3.05, 3.63) is 111 Å². The molecule has 0 aliphatic heterocycles. The maximum Gasteiger partial charge on any atom is 0.269 e. The van der Waals surface area contributed by atoms with Crippen LogP contribution in [0.1, 0.15) is 45.8 Å². The first kappa shape index (κ1) is 24.2. The Hall–Kier alpha value is -3.98. The van der Waals surface area contributed by atoms with E-state index in [0.717, 1.165) is 22.2 Å². The molecule has 0 radical (unpaired) electrons. The lowest BCUT2D eigenvalue weighted by atomic mass is 10.1. The number of nitrogens with one attached hydrogen (secondary N) is 1. The Bertz CT molecular complexity index is 1350. The predicted molar refractivity (Wildman–Crippen MR) is 136 cm³/mol. The van der Waals surface area contributed by atoms with Crippen molar-refractivity contribution >= 4 is 23.4 Å². The molecule has 35 heavy (non-hydrogen) atoms. The smallest absolute Gasteiger partial charge is 0.269 e. The van der Waals surface area contributed by atoms with Crippen molar-refractivity contribution in [3.63, 3.8) is 0 Å². The van der Waals surface area contributed by atoms with Crippen molar-refractivity contribution < 1.29 is 9.72 Å². The Labute approximate surface area is 207 Å². The molecule has 4 rings (SSSR count). The number of thioether (sulfide) groups is 1. The van der Waals surface area contributed by atoms with Gasteiger partial charge in [-0.3, -0.25) is 19.5 Å². The zero-order valence-electron chi connectivity index (χ0n) is 19.6. The second-order valence-electron chi connectivity index (χ2n) is 8.29. The molecule has 1 heterocycles. The number of aromatic nitrogens is 3. The Balaban J connectivity index is 1.59. The van der Waals surface area contributed by atoms with Crippen LogP contribution in [0, 0.1) is 24.0 Å². The molecule has 0 spiro atoms. The lowest BCUT2D eigenvalue weighted by Crippen LogP contribution is -2.28. The van der Waals surface area contributed by atoms with Gasteiger partial charge in [-0.25, -0.2) is 0 Å². The van der Waals surface area contributed by atoms with Gasteiger partial charge < -0.3 is 5.32 Å². The molecule has 1 unspecified atom stereocenters. The number of aryl methyl sites for hydroxylation is 2. The molecule has 0 fully saturated rings. The first-order chi connectivity index (χ1) is 16.8. The number of nitro groups is 1. The Morgan fingerprint density at radius 3 is 2.40 bits per heavy atom. The van der Waals surface area contributed by atoms with Crippen LogP contribution in [0.15, 0.2) is 78.0 Å². The van der Waals surface area contributed by atoms with E-state index in [1.807, 2.05) is 48.7 Å². The fourth-order valence-electron chi connectivity index (χ4n) is 3.62. The predicted octanol–water partition coefficient (Wildman–Crippen LogP) is 5.58. The van der Waals surface area contributed by atoms with Crippen molar-refractivity contribution in [2.75, 3.05) is 0 Å². The average molecular weight is 488 g/mol. The molecular formula is C26H25N5O3S. The van der Waals surface area contributed by atoms with Gasteiger partial charge in [-0.1, -0.05) is 59.3 Å².